The van der Waals surface area contributed by atoms with E-state index in [0.717, 1.165) is 55.8 Å². The maximum Gasteiger partial charge on any atom is 0.223 e. The Morgan fingerprint density at radius 1 is 1.29 bits per heavy atom. The van der Waals surface area contributed by atoms with Crippen LogP contribution in [0.2, 0.25) is 5.02 Å². The second-order valence-electron chi connectivity index (χ2n) is 6.84. The monoisotopic (exact) mass is 346 g/mol. The number of carbonyl (C=O) groups is 1. The van der Waals surface area contributed by atoms with E-state index in [1.165, 1.54) is 6.42 Å². The number of rotatable bonds is 3. The average molecular weight is 347 g/mol. The zero-order valence-corrected chi connectivity index (χ0v) is 15.0. The third-order valence-corrected chi connectivity index (χ3v) is 5.80. The summed E-state index contributed by atoms with van der Waals surface area (Å²) in [7, 11) is 0. The Balaban J connectivity index is 1.66. The zero-order valence-electron chi connectivity index (χ0n) is 14.2. The molecular formula is C18H23ClN4O. The number of pyridine rings is 1. The predicted molar refractivity (Wildman–Crippen MR) is 94.2 cm³/mol. The van der Waals surface area contributed by atoms with Gasteiger partial charge in [-0.1, -0.05) is 18.0 Å². The highest BCUT2D eigenvalue weighted by molar-refractivity contribution is 6.32. The molecule has 1 saturated carbocycles. The lowest BCUT2D eigenvalue weighted by atomic mass is 9.84. The number of anilines is 1. The molecule has 2 aliphatic rings. The van der Waals surface area contributed by atoms with E-state index < -0.39 is 0 Å². The Morgan fingerprint density at radius 3 is 2.50 bits per heavy atom. The highest BCUT2D eigenvalue weighted by Gasteiger charge is 2.29. The van der Waals surface area contributed by atoms with Gasteiger partial charge in [-0.3, -0.25) is 4.79 Å². The Morgan fingerprint density at radius 2 is 1.96 bits per heavy atom. The van der Waals surface area contributed by atoms with E-state index in [-0.39, 0.29) is 17.9 Å². The minimum atomic E-state index is 0.216. The van der Waals surface area contributed by atoms with Crippen LogP contribution in [-0.4, -0.2) is 30.0 Å². The molecule has 2 fully saturated rings. The second kappa shape index (κ2) is 6.98. The van der Waals surface area contributed by atoms with Gasteiger partial charge in [0.05, 0.1) is 16.3 Å². The maximum absolute atomic E-state index is 12.1. The Hall–Kier alpha value is -1.80. The van der Waals surface area contributed by atoms with Crippen molar-refractivity contribution in [2.24, 2.45) is 5.92 Å². The van der Waals surface area contributed by atoms with Crippen molar-refractivity contribution in [3.63, 3.8) is 0 Å². The molecule has 1 saturated heterocycles. The molecule has 2 heterocycles. The maximum atomic E-state index is 12.1. The molecule has 0 spiro atoms. The highest BCUT2D eigenvalue weighted by atomic mass is 35.5. The Bertz CT molecular complexity index is 685. The largest absolute Gasteiger partial charge is 0.355 e. The fourth-order valence-corrected chi connectivity index (χ4v) is 3.54. The summed E-state index contributed by atoms with van der Waals surface area (Å²) in [5.74, 6) is 1.17. The van der Waals surface area contributed by atoms with Crippen LogP contribution in [0.5, 0.6) is 0 Å². The summed E-state index contributed by atoms with van der Waals surface area (Å²) in [5.41, 5.74) is 2.10. The van der Waals surface area contributed by atoms with Crippen LogP contribution in [0, 0.1) is 31.1 Å². The topological polar surface area (TPSA) is 69.0 Å². The van der Waals surface area contributed by atoms with Gasteiger partial charge < -0.3 is 10.2 Å². The first-order valence-corrected chi connectivity index (χ1v) is 9.01. The number of nitrogens with one attached hydrogen (secondary N) is 1. The first-order valence-electron chi connectivity index (χ1n) is 8.63. The lowest BCUT2D eigenvalue weighted by molar-refractivity contribution is -0.128. The van der Waals surface area contributed by atoms with E-state index in [2.05, 4.69) is 21.3 Å². The van der Waals surface area contributed by atoms with Crippen LogP contribution in [0.4, 0.5) is 5.82 Å². The van der Waals surface area contributed by atoms with Gasteiger partial charge in [-0.15, -0.1) is 0 Å². The lowest BCUT2D eigenvalue weighted by Crippen LogP contribution is -2.47. The smallest absolute Gasteiger partial charge is 0.223 e. The number of nitriles is 1. The normalized spacial score (nSPS) is 18.8. The molecule has 1 aromatic heterocycles. The molecular weight excluding hydrogens is 324 g/mol. The minimum Gasteiger partial charge on any atom is -0.355 e. The van der Waals surface area contributed by atoms with Crippen molar-refractivity contribution in [2.45, 2.75) is 52.0 Å². The first kappa shape index (κ1) is 17.0. The molecule has 128 valence electrons. The summed E-state index contributed by atoms with van der Waals surface area (Å²) in [6, 6.07) is 2.48. The minimum absolute atomic E-state index is 0.216. The first-order chi connectivity index (χ1) is 11.5. The number of amides is 1. The fraction of sp³-hybridized carbons (Fsp3) is 0.611. The predicted octanol–water partition coefficient (Wildman–Crippen LogP) is 3.11. The van der Waals surface area contributed by atoms with Crippen LogP contribution in [-0.2, 0) is 4.79 Å². The summed E-state index contributed by atoms with van der Waals surface area (Å²) in [4.78, 5) is 18.8. The highest BCUT2D eigenvalue weighted by Crippen LogP contribution is 2.31. The van der Waals surface area contributed by atoms with Crippen molar-refractivity contribution in [3.8, 4) is 6.07 Å². The van der Waals surface area contributed by atoms with Crippen LogP contribution in [0.1, 0.15) is 48.9 Å². The van der Waals surface area contributed by atoms with Gasteiger partial charge in [-0.2, -0.15) is 5.26 Å². The quantitative estimate of drug-likeness (QED) is 0.913. The van der Waals surface area contributed by atoms with Gasteiger partial charge in [0, 0.05) is 25.0 Å². The SMILES string of the molecule is Cc1nc(N2CCC(NC(=O)C3CCC3)CC2)c(C#N)c(C)c1Cl. The number of halogens is 1. The van der Waals surface area contributed by atoms with Gasteiger partial charge in [0.1, 0.15) is 11.9 Å². The number of aromatic nitrogens is 1. The molecule has 0 aromatic carbocycles. The summed E-state index contributed by atoms with van der Waals surface area (Å²) < 4.78 is 0. The summed E-state index contributed by atoms with van der Waals surface area (Å²) in [6.07, 6.45) is 5.00. The second-order valence-corrected chi connectivity index (χ2v) is 7.22. The molecule has 0 atom stereocenters. The Kier molecular flexibility index (Phi) is 4.96. The number of hydrogen-bond donors (Lipinski definition) is 1. The molecule has 6 heteroatoms. The zero-order chi connectivity index (χ0) is 17.3. The molecule has 1 N–H and O–H groups in total. The molecule has 3 rings (SSSR count). The number of piperidine rings is 1. The summed E-state index contributed by atoms with van der Waals surface area (Å²) in [5, 5.41) is 13.2. The molecule has 1 aliphatic carbocycles. The van der Waals surface area contributed by atoms with Crippen LogP contribution >= 0.6 is 11.6 Å². The van der Waals surface area contributed by atoms with Crippen molar-refractivity contribution in [3.05, 3.63) is 21.8 Å². The van der Waals surface area contributed by atoms with E-state index in [9.17, 15) is 10.1 Å². The number of hydrogen-bond acceptors (Lipinski definition) is 4. The number of aryl methyl sites for hydroxylation is 1. The molecule has 0 radical (unpaired) electrons. The van der Waals surface area contributed by atoms with E-state index in [0.29, 0.717) is 10.6 Å². The van der Waals surface area contributed by atoms with Crippen LogP contribution in [0.25, 0.3) is 0 Å². The van der Waals surface area contributed by atoms with E-state index in [1.54, 1.807) is 0 Å². The number of nitrogens with zero attached hydrogens (tertiary/aromatic N) is 3. The molecule has 1 amide bonds. The lowest BCUT2D eigenvalue weighted by Gasteiger charge is -2.35. The van der Waals surface area contributed by atoms with Gasteiger partial charge in [-0.05, 0) is 45.1 Å². The summed E-state index contributed by atoms with van der Waals surface area (Å²) >= 11 is 6.22. The Labute approximate surface area is 148 Å². The number of carbonyl (C=O) groups excluding carboxylic acids is 1. The molecule has 1 aromatic rings. The molecule has 5 nitrogen and oxygen atoms in total. The standard InChI is InChI=1S/C18H23ClN4O/c1-11-15(10-20)17(21-12(2)16(11)19)23-8-6-14(7-9-23)22-18(24)13-4-3-5-13/h13-14H,3-9H2,1-2H3,(H,22,24). The third-order valence-electron chi connectivity index (χ3n) is 5.25. The van der Waals surface area contributed by atoms with E-state index >= 15 is 0 Å². The fourth-order valence-electron chi connectivity index (χ4n) is 3.40. The van der Waals surface area contributed by atoms with Crippen LogP contribution < -0.4 is 10.2 Å². The van der Waals surface area contributed by atoms with Crippen LogP contribution in [0.15, 0.2) is 0 Å². The molecule has 1 aliphatic heterocycles. The molecule has 0 bridgehead atoms. The van der Waals surface area contributed by atoms with Crippen molar-refractivity contribution in [1.29, 1.82) is 5.26 Å². The third kappa shape index (κ3) is 3.21. The van der Waals surface area contributed by atoms with Crippen molar-refractivity contribution in [2.75, 3.05) is 18.0 Å². The van der Waals surface area contributed by atoms with Gasteiger partial charge in [0.15, 0.2) is 0 Å². The van der Waals surface area contributed by atoms with E-state index in [1.807, 2.05) is 13.8 Å². The van der Waals surface area contributed by atoms with Crippen molar-refractivity contribution >= 4 is 23.3 Å². The summed E-state index contributed by atoms with van der Waals surface area (Å²) in [6.45, 7) is 5.31. The molecule has 0 unspecified atom stereocenters. The average Bonchev–Trinajstić information content (AvgIpc) is 2.51. The van der Waals surface area contributed by atoms with Gasteiger partial charge in [0.25, 0.3) is 0 Å². The van der Waals surface area contributed by atoms with Gasteiger partial charge in [0.2, 0.25) is 5.91 Å². The van der Waals surface area contributed by atoms with E-state index in [4.69, 9.17) is 11.6 Å². The van der Waals surface area contributed by atoms with Gasteiger partial charge in [-0.25, -0.2) is 4.98 Å². The van der Waals surface area contributed by atoms with Crippen molar-refractivity contribution < 1.29 is 4.79 Å². The molecule has 24 heavy (non-hydrogen) atoms. The van der Waals surface area contributed by atoms with Crippen LogP contribution in [0.3, 0.4) is 0 Å². The van der Waals surface area contributed by atoms with Gasteiger partial charge >= 0.3 is 0 Å². The van der Waals surface area contributed by atoms with Crippen molar-refractivity contribution in [1.82, 2.24) is 10.3 Å².